The number of anilines is 1. The van der Waals surface area contributed by atoms with E-state index in [1.165, 1.54) is 18.2 Å². The Hall–Kier alpha value is -2.15. The number of benzene rings is 2. The minimum atomic E-state index is -3.52. The predicted molar refractivity (Wildman–Crippen MR) is 106 cm³/mol. The van der Waals surface area contributed by atoms with Crippen LogP contribution < -0.4 is 10.0 Å². The molecule has 0 bridgehead atoms. The summed E-state index contributed by atoms with van der Waals surface area (Å²) in [5.74, 6) is -0.309. The van der Waals surface area contributed by atoms with E-state index in [1.807, 2.05) is 6.92 Å². The smallest absolute Gasteiger partial charge is 0.248 e. The van der Waals surface area contributed by atoms with Crippen molar-refractivity contribution < 1.29 is 13.2 Å². The summed E-state index contributed by atoms with van der Waals surface area (Å²) >= 11 is 5.81. The van der Waals surface area contributed by atoms with Gasteiger partial charge in [-0.15, -0.1) is 0 Å². The number of rotatable bonds is 8. The molecule has 0 atom stereocenters. The summed E-state index contributed by atoms with van der Waals surface area (Å²) < 4.78 is 26.8. The van der Waals surface area contributed by atoms with Crippen LogP contribution in [-0.2, 0) is 14.8 Å². The molecule has 0 unspecified atom stereocenters. The van der Waals surface area contributed by atoms with Gasteiger partial charge in [-0.05, 0) is 54.5 Å². The van der Waals surface area contributed by atoms with Gasteiger partial charge in [-0.2, -0.15) is 0 Å². The fourth-order valence-corrected chi connectivity index (χ4v) is 3.31. The largest absolute Gasteiger partial charge is 0.323 e. The normalized spacial score (nSPS) is 11.6. The number of halogens is 1. The lowest BCUT2D eigenvalue weighted by molar-refractivity contribution is -0.111. The van der Waals surface area contributed by atoms with Crippen molar-refractivity contribution in [1.82, 2.24) is 4.72 Å². The fraction of sp³-hybridized carbons (Fsp3) is 0.211. The monoisotopic (exact) mass is 392 g/mol. The van der Waals surface area contributed by atoms with Crippen LogP contribution >= 0.6 is 11.6 Å². The molecule has 0 spiro atoms. The van der Waals surface area contributed by atoms with Gasteiger partial charge in [0, 0.05) is 23.3 Å². The van der Waals surface area contributed by atoms with Gasteiger partial charge in [0.05, 0.1) is 4.90 Å². The minimum absolute atomic E-state index is 0.170. The zero-order valence-corrected chi connectivity index (χ0v) is 16.0. The number of hydrogen-bond acceptors (Lipinski definition) is 3. The van der Waals surface area contributed by atoms with Crippen LogP contribution in [0.25, 0.3) is 6.08 Å². The molecule has 1 amide bonds. The first-order chi connectivity index (χ1) is 12.4. The van der Waals surface area contributed by atoms with Crippen LogP contribution in [0.15, 0.2) is 59.5 Å². The van der Waals surface area contributed by atoms with Crippen LogP contribution in [0.2, 0.25) is 5.02 Å². The van der Waals surface area contributed by atoms with Gasteiger partial charge < -0.3 is 5.32 Å². The van der Waals surface area contributed by atoms with Crippen LogP contribution in [0, 0.1) is 0 Å². The van der Waals surface area contributed by atoms with Gasteiger partial charge in [-0.25, -0.2) is 13.1 Å². The van der Waals surface area contributed by atoms with Crippen molar-refractivity contribution in [1.29, 1.82) is 0 Å². The van der Waals surface area contributed by atoms with Crippen molar-refractivity contribution in [3.63, 3.8) is 0 Å². The third-order valence-electron chi connectivity index (χ3n) is 3.55. The summed E-state index contributed by atoms with van der Waals surface area (Å²) in [6.45, 7) is 2.40. The number of hydrogen-bond donors (Lipinski definition) is 2. The van der Waals surface area contributed by atoms with Crippen molar-refractivity contribution in [2.75, 3.05) is 11.9 Å². The third kappa shape index (κ3) is 6.29. The van der Waals surface area contributed by atoms with Crippen LogP contribution in [0.5, 0.6) is 0 Å². The molecule has 0 fully saturated rings. The van der Waals surface area contributed by atoms with Crippen molar-refractivity contribution in [2.45, 2.75) is 24.7 Å². The summed E-state index contributed by atoms with van der Waals surface area (Å²) in [4.78, 5) is 12.1. The van der Waals surface area contributed by atoms with E-state index in [9.17, 15) is 13.2 Å². The zero-order chi connectivity index (χ0) is 19.0. The first-order valence-electron chi connectivity index (χ1n) is 8.25. The molecular formula is C19H21ClN2O3S. The molecule has 2 aromatic rings. The van der Waals surface area contributed by atoms with Crippen molar-refractivity contribution >= 4 is 39.3 Å². The Kier molecular flexibility index (Phi) is 7.38. The van der Waals surface area contributed by atoms with Crippen LogP contribution in [0.4, 0.5) is 5.69 Å². The van der Waals surface area contributed by atoms with Crippen molar-refractivity contribution in [3.05, 3.63) is 65.2 Å². The topological polar surface area (TPSA) is 75.3 Å². The molecule has 138 valence electrons. The lowest BCUT2D eigenvalue weighted by Crippen LogP contribution is -2.24. The summed E-state index contributed by atoms with van der Waals surface area (Å²) in [6.07, 6.45) is 4.77. The Morgan fingerprint density at radius 1 is 1.08 bits per heavy atom. The lowest BCUT2D eigenvalue weighted by atomic mass is 10.2. The molecule has 0 aliphatic heterocycles. The maximum Gasteiger partial charge on any atom is 0.248 e. The fourth-order valence-electron chi connectivity index (χ4n) is 2.11. The molecule has 26 heavy (non-hydrogen) atoms. The summed E-state index contributed by atoms with van der Waals surface area (Å²) in [5, 5.41) is 3.32. The molecule has 0 heterocycles. The number of nitrogens with one attached hydrogen (secondary N) is 2. The molecule has 0 aliphatic carbocycles. The first-order valence-corrected chi connectivity index (χ1v) is 10.1. The average Bonchev–Trinajstić information content (AvgIpc) is 2.62. The highest BCUT2D eigenvalue weighted by molar-refractivity contribution is 7.89. The van der Waals surface area contributed by atoms with E-state index >= 15 is 0 Å². The van der Waals surface area contributed by atoms with Gasteiger partial charge in [-0.1, -0.05) is 37.1 Å². The van der Waals surface area contributed by atoms with Gasteiger partial charge in [0.1, 0.15) is 0 Å². The zero-order valence-electron chi connectivity index (χ0n) is 14.4. The highest BCUT2D eigenvalue weighted by Gasteiger charge is 2.12. The third-order valence-corrected chi connectivity index (χ3v) is 5.28. The predicted octanol–water partition coefficient (Wildman–Crippen LogP) is 4.07. The van der Waals surface area contributed by atoms with Gasteiger partial charge in [0.15, 0.2) is 0 Å². The first kappa shape index (κ1) is 20.2. The van der Waals surface area contributed by atoms with E-state index in [2.05, 4.69) is 10.0 Å². The summed E-state index contributed by atoms with van der Waals surface area (Å²) in [6, 6.07) is 13.1. The minimum Gasteiger partial charge on any atom is -0.323 e. The highest BCUT2D eigenvalue weighted by Crippen LogP contribution is 2.15. The molecule has 7 heteroatoms. The maximum absolute atomic E-state index is 12.1. The molecule has 0 aliphatic rings. The molecule has 2 N–H and O–H groups in total. The van der Waals surface area contributed by atoms with E-state index in [0.717, 1.165) is 18.4 Å². The quantitative estimate of drug-likeness (QED) is 0.525. The second-order valence-corrected chi connectivity index (χ2v) is 7.85. The Labute approximate surface area is 159 Å². The Balaban J connectivity index is 1.95. The van der Waals surface area contributed by atoms with Gasteiger partial charge in [-0.3, -0.25) is 4.79 Å². The van der Waals surface area contributed by atoms with E-state index in [0.29, 0.717) is 17.3 Å². The lowest BCUT2D eigenvalue weighted by Gasteiger charge is -2.07. The number of carbonyl (C=O) groups is 1. The van der Waals surface area contributed by atoms with Crippen molar-refractivity contribution in [2.24, 2.45) is 0 Å². The molecule has 0 radical (unpaired) electrons. The molecule has 0 aromatic heterocycles. The number of amides is 1. The molecule has 2 aromatic carbocycles. The molecule has 5 nitrogen and oxygen atoms in total. The Morgan fingerprint density at radius 3 is 2.35 bits per heavy atom. The second-order valence-electron chi connectivity index (χ2n) is 5.65. The van der Waals surface area contributed by atoms with Crippen LogP contribution in [0.1, 0.15) is 25.3 Å². The van der Waals surface area contributed by atoms with Gasteiger partial charge in [0.25, 0.3) is 0 Å². The SMILES string of the molecule is CCCCNS(=O)(=O)c1ccc(NC(=O)/C=C/c2ccc(Cl)cc2)cc1. The summed E-state index contributed by atoms with van der Waals surface area (Å²) in [5.41, 5.74) is 1.37. The van der Waals surface area contributed by atoms with Gasteiger partial charge in [0.2, 0.25) is 15.9 Å². The van der Waals surface area contributed by atoms with E-state index in [1.54, 1.807) is 42.5 Å². The second kappa shape index (κ2) is 9.52. The highest BCUT2D eigenvalue weighted by atomic mass is 35.5. The molecule has 0 saturated carbocycles. The standard InChI is InChI=1S/C19H21ClN2O3S/c1-2-3-14-21-26(24,25)18-11-9-17(10-12-18)22-19(23)13-6-15-4-7-16(20)8-5-15/h4-13,21H,2-3,14H2,1H3,(H,22,23)/b13-6+. The Morgan fingerprint density at radius 2 is 1.73 bits per heavy atom. The van der Waals surface area contributed by atoms with E-state index in [4.69, 9.17) is 11.6 Å². The maximum atomic E-state index is 12.1. The molecular weight excluding hydrogens is 372 g/mol. The van der Waals surface area contributed by atoms with Crippen molar-refractivity contribution in [3.8, 4) is 0 Å². The van der Waals surface area contributed by atoms with Crippen LogP contribution in [-0.4, -0.2) is 20.9 Å². The number of carbonyl (C=O) groups excluding carboxylic acids is 1. The number of sulfonamides is 1. The van der Waals surface area contributed by atoms with Crippen LogP contribution in [0.3, 0.4) is 0 Å². The van der Waals surface area contributed by atoms with E-state index < -0.39 is 10.0 Å². The summed E-state index contributed by atoms with van der Waals surface area (Å²) in [7, 11) is -3.52. The Bertz CT molecular complexity index is 861. The number of unbranched alkanes of at least 4 members (excludes halogenated alkanes) is 1. The molecule has 2 rings (SSSR count). The van der Waals surface area contributed by atoms with E-state index in [-0.39, 0.29) is 10.8 Å². The average molecular weight is 393 g/mol. The van der Waals surface area contributed by atoms with Gasteiger partial charge >= 0.3 is 0 Å². The molecule has 0 saturated heterocycles.